The van der Waals surface area contributed by atoms with E-state index in [2.05, 4.69) is 29.1 Å². The number of rotatable bonds is 6. The Labute approximate surface area is 95.5 Å². The molecule has 5 heteroatoms. The van der Waals surface area contributed by atoms with Gasteiger partial charge in [-0.15, -0.1) is 0 Å². The molecule has 0 aromatic carbocycles. The first-order valence-electron chi connectivity index (χ1n) is 5.71. The molecule has 0 spiro atoms. The molecule has 0 saturated heterocycles. The van der Waals surface area contributed by atoms with Gasteiger partial charge in [0, 0.05) is 18.7 Å². The largest absolute Gasteiger partial charge is 0.368 e. The van der Waals surface area contributed by atoms with Crippen LogP contribution in [0.1, 0.15) is 26.7 Å². The van der Waals surface area contributed by atoms with Crippen molar-refractivity contribution in [2.45, 2.75) is 32.7 Å². The van der Waals surface area contributed by atoms with Crippen molar-refractivity contribution in [2.24, 2.45) is 11.7 Å². The number of H-pyrrole nitrogens is 1. The van der Waals surface area contributed by atoms with Gasteiger partial charge in [0.05, 0.1) is 6.33 Å². The molecule has 4 N–H and O–H groups in total. The van der Waals surface area contributed by atoms with E-state index >= 15 is 0 Å². The lowest BCUT2D eigenvalue weighted by Crippen LogP contribution is -2.36. The Morgan fingerprint density at radius 2 is 2.19 bits per heavy atom. The zero-order valence-electron chi connectivity index (χ0n) is 9.86. The summed E-state index contributed by atoms with van der Waals surface area (Å²) in [6.45, 7) is 4.92. The first kappa shape index (κ1) is 12.7. The van der Waals surface area contributed by atoms with Gasteiger partial charge >= 0.3 is 0 Å². The summed E-state index contributed by atoms with van der Waals surface area (Å²) < 4.78 is 0. The predicted molar refractivity (Wildman–Crippen MR) is 65.4 cm³/mol. The fourth-order valence-corrected chi connectivity index (χ4v) is 1.75. The summed E-state index contributed by atoms with van der Waals surface area (Å²) in [4.78, 5) is 17.5. The molecule has 1 heterocycles. The Morgan fingerprint density at radius 3 is 2.75 bits per heavy atom. The molecule has 0 saturated carbocycles. The predicted octanol–water partition coefficient (Wildman–Crippen LogP) is 0.945. The van der Waals surface area contributed by atoms with Crippen LogP contribution in [0.5, 0.6) is 0 Å². The summed E-state index contributed by atoms with van der Waals surface area (Å²) in [6, 6.07) is 1.52. The van der Waals surface area contributed by atoms with Crippen molar-refractivity contribution in [2.75, 3.05) is 11.9 Å². The summed E-state index contributed by atoms with van der Waals surface area (Å²) >= 11 is 0. The second-order valence-electron chi connectivity index (χ2n) is 3.92. The summed E-state index contributed by atoms with van der Waals surface area (Å²) in [5.41, 5.74) is 5.89. The number of aromatic amines is 1. The van der Waals surface area contributed by atoms with E-state index in [1.807, 2.05) is 0 Å². The van der Waals surface area contributed by atoms with Crippen LogP contribution in [0, 0.1) is 5.92 Å². The fraction of sp³-hybridized carbons (Fsp3) is 0.636. The summed E-state index contributed by atoms with van der Waals surface area (Å²) in [7, 11) is 0. The van der Waals surface area contributed by atoms with Crippen LogP contribution >= 0.6 is 0 Å². The number of nitrogens with zero attached hydrogens (tertiary/aromatic N) is 1. The van der Waals surface area contributed by atoms with Gasteiger partial charge in [0.15, 0.2) is 0 Å². The summed E-state index contributed by atoms with van der Waals surface area (Å²) in [5.74, 6) is 1.08. The Hall–Kier alpha value is -1.36. The normalized spacial score (nSPS) is 12.8. The highest BCUT2D eigenvalue weighted by atomic mass is 16.1. The van der Waals surface area contributed by atoms with E-state index in [0.717, 1.165) is 12.8 Å². The third-order valence-corrected chi connectivity index (χ3v) is 2.85. The van der Waals surface area contributed by atoms with Crippen molar-refractivity contribution >= 4 is 5.82 Å². The molecular formula is C11H20N4O. The Kier molecular flexibility index (Phi) is 4.98. The van der Waals surface area contributed by atoms with Crippen LogP contribution in [0.3, 0.4) is 0 Å². The molecule has 5 nitrogen and oxygen atoms in total. The van der Waals surface area contributed by atoms with Crippen molar-refractivity contribution in [1.82, 2.24) is 9.97 Å². The van der Waals surface area contributed by atoms with Gasteiger partial charge in [-0.1, -0.05) is 26.7 Å². The third-order valence-electron chi connectivity index (χ3n) is 2.85. The van der Waals surface area contributed by atoms with E-state index < -0.39 is 0 Å². The van der Waals surface area contributed by atoms with Crippen LogP contribution in [-0.4, -0.2) is 22.6 Å². The van der Waals surface area contributed by atoms with Crippen LogP contribution in [-0.2, 0) is 0 Å². The zero-order chi connectivity index (χ0) is 12.0. The molecule has 0 fully saturated rings. The SMILES string of the molecule is CCC(CC)C(N)CNc1cc(=O)[nH]cn1. The van der Waals surface area contributed by atoms with Crippen molar-refractivity contribution < 1.29 is 0 Å². The van der Waals surface area contributed by atoms with Crippen molar-refractivity contribution in [3.63, 3.8) is 0 Å². The Morgan fingerprint density at radius 1 is 1.50 bits per heavy atom. The minimum absolute atomic E-state index is 0.0936. The maximum absolute atomic E-state index is 11.0. The van der Waals surface area contributed by atoms with Crippen LogP contribution in [0.4, 0.5) is 5.82 Å². The average molecular weight is 224 g/mol. The van der Waals surface area contributed by atoms with Gasteiger partial charge in [-0.05, 0) is 5.92 Å². The minimum atomic E-state index is -0.159. The molecule has 1 aromatic rings. The highest BCUT2D eigenvalue weighted by Crippen LogP contribution is 2.11. The fourth-order valence-electron chi connectivity index (χ4n) is 1.75. The van der Waals surface area contributed by atoms with E-state index in [1.165, 1.54) is 12.4 Å². The number of nitrogens with one attached hydrogen (secondary N) is 2. The van der Waals surface area contributed by atoms with Gasteiger partial charge in [-0.2, -0.15) is 0 Å². The number of hydrogen-bond acceptors (Lipinski definition) is 4. The van der Waals surface area contributed by atoms with Crippen molar-refractivity contribution in [3.05, 3.63) is 22.7 Å². The first-order chi connectivity index (χ1) is 7.67. The van der Waals surface area contributed by atoms with E-state index in [9.17, 15) is 4.79 Å². The number of aromatic nitrogens is 2. The molecule has 1 rings (SSSR count). The van der Waals surface area contributed by atoms with Crippen LogP contribution in [0.2, 0.25) is 0 Å². The van der Waals surface area contributed by atoms with Gasteiger partial charge in [-0.25, -0.2) is 4.98 Å². The molecular weight excluding hydrogens is 204 g/mol. The highest BCUT2D eigenvalue weighted by Gasteiger charge is 2.13. The van der Waals surface area contributed by atoms with Crippen LogP contribution < -0.4 is 16.6 Å². The van der Waals surface area contributed by atoms with E-state index in [1.54, 1.807) is 0 Å². The maximum atomic E-state index is 11.0. The highest BCUT2D eigenvalue weighted by molar-refractivity contribution is 5.31. The van der Waals surface area contributed by atoms with Gasteiger partial charge in [0.2, 0.25) is 0 Å². The smallest absolute Gasteiger partial charge is 0.252 e. The molecule has 0 bridgehead atoms. The van der Waals surface area contributed by atoms with Crippen molar-refractivity contribution in [1.29, 1.82) is 0 Å². The average Bonchev–Trinajstić information content (AvgIpc) is 2.28. The molecule has 1 unspecified atom stereocenters. The molecule has 0 aliphatic carbocycles. The topological polar surface area (TPSA) is 83.8 Å². The quantitative estimate of drug-likeness (QED) is 0.671. The molecule has 1 aromatic heterocycles. The monoisotopic (exact) mass is 224 g/mol. The first-order valence-corrected chi connectivity index (χ1v) is 5.71. The Bertz CT molecular complexity index is 359. The standard InChI is InChI=1S/C11H20N4O/c1-3-8(4-2)9(12)6-13-10-5-11(16)15-7-14-10/h5,7-9H,3-4,6,12H2,1-2H3,(H2,13,14,15,16). The number of hydrogen-bond donors (Lipinski definition) is 3. The minimum Gasteiger partial charge on any atom is -0.368 e. The number of anilines is 1. The molecule has 0 amide bonds. The van der Waals surface area contributed by atoms with E-state index in [0.29, 0.717) is 18.3 Å². The zero-order valence-corrected chi connectivity index (χ0v) is 9.86. The van der Waals surface area contributed by atoms with Gasteiger partial charge in [-0.3, -0.25) is 4.79 Å². The molecule has 0 aliphatic heterocycles. The van der Waals surface area contributed by atoms with E-state index in [4.69, 9.17) is 5.73 Å². The lowest BCUT2D eigenvalue weighted by Gasteiger charge is -2.21. The van der Waals surface area contributed by atoms with Crippen molar-refractivity contribution in [3.8, 4) is 0 Å². The third kappa shape index (κ3) is 3.66. The van der Waals surface area contributed by atoms with E-state index in [-0.39, 0.29) is 11.6 Å². The molecule has 0 radical (unpaired) electrons. The summed E-state index contributed by atoms with van der Waals surface area (Å²) in [6.07, 6.45) is 3.53. The Balaban J connectivity index is 2.48. The number of nitrogens with two attached hydrogens (primary N) is 1. The molecule has 16 heavy (non-hydrogen) atoms. The van der Waals surface area contributed by atoms with Gasteiger partial charge in [0.25, 0.3) is 5.56 Å². The van der Waals surface area contributed by atoms with Gasteiger partial charge in [0.1, 0.15) is 5.82 Å². The van der Waals surface area contributed by atoms with Gasteiger partial charge < -0.3 is 16.0 Å². The molecule has 1 atom stereocenters. The lowest BCUT2D eigenvalue weighted by atomic mass is 9.95. The second kappa shape index (κ2) is 6.27. The maximum Gasteiger partial charge on any atom is 0.252 e. The van der Waals surface area contributed by atoms with Crippen LogP contribution in [0.15, 0.2) is 17.2 Å². The molecule has 0 aliphatic rings. The lowest BCUT2D eigenvalue weighted by molar-refractivity contribution is 0.407. The summed E-state index contributed by atoms with van der Waals surface area (Å²) in [5, 5.41) is 3.08. The second-order valence-corrected chi connectivity index (χ2v) is 3.92. The molecule has 90 valence electrons. The van der Waals surface area contributed by atoms with Crippen LogP contribution in [0.25, 0.3) is 0 Å².